The first-order valence-corrected chi connectivity index (χ1v) is 6.43. The zero-order valence-corrected chi connectivity index (χ0v) is 11.8. The number of aromatic nitrogens is 1. The van der Waals surface area contributed by atoms with Crippen LogP contribution in [0.2, 0.25) is 5.15 Å². The molecule has 0 aliphatic carbocycles. The molecule has 0 saturated carbocycles. The zero-order chi connectivity index (χ0) is 13.8. The van der Waals surface area contributed by atoms with Crippen molar-refractivity contribution in [3.05, 3.63) is 35.5 Å². The lowest BCUT2D eigenvalue weighted by Crippen LogP contribution is -2.32. The molecule has 1 N–H and O–H groups in total. The molecule has 0 spiro atoms. The lowest BCUT2D eigenvalue weighted by Gasteiger charge is -2.22. The van der Waals surface area contributed by atoms with Gasteiger partial charge >= 0.3 is 0 Å². The fraction of sp³-hybridized carbons (Fsp3) is 0.357. The van der Waals surface area contributed by atoms with Crippen LogP contribution in [0, 0.1) is 0 Å². The number of methoxy groups -OCH3 is 1. The van der Waals surface area contributed by atoms with Crippen LogP contribution in [0.1, 0.15) is 0 Å². The summed E-state index contributed by atoms with van der Waals surface area (Å²) in [6, 6.07) is 9.78. The van der Waals surface area contributed by atoms with Crippen LogP contribution in [-0.4, -0.2) is 43.5 Å². The summed E-state index contributed by atoms with van der Waals surface area (Å²) in [6.07, 6.45) is -0.554. The summed E-state index contributed by atoms with van der Waals surface area (Å²) in [6.45, 7) is 0.737. The van der Waals surface area contributed by atoms with Gasteiger partial charge in [0, 0.05) is 26.1 Å². The number of likely N-dealkylation sites (N-methyl/N-ethyl adjacent to an activating group) is 1. The monoisotopic (exact) mass is 280 g/mol. The molecule has 0 amide bonds. The number of rotatable bonds is 5. The fourth-order valence-electron chi connectivity index (χ4n) is 1.99. The summed E-state index contributed by atoms with van der Waals surface area (Å²) in [4.78, 5) is 6.22. The number of fused-ring (bicyclic) bond motifs is 1. The van der Waals surface area contributed by atoms with Crippen LogP contribution in [0.4, 0.5) is 5.82 Å². The van der Waals surface area contributed by atoms with Crippen LogP contribution < -0.4 is 4.90 Å². The van der Waals surface area contributed by atoms with Gasteiger partial charge in [-0.1, -0.05) is 35.9 Å². The molecule has 2 aromatic rings. The molecule has 0 fully saturated rings. The number of halogens is 1. The number of nitrogens with zero attached hydrogens (tertiary/aromatic N) is 2. The first kappa shape index (κ1) is 14.1. The number of benzene rings is 1. The number of aliphatic hydroxyl groups excluding tert-OH is 1. The van der Waals surface area contributed by atoms with Gasteiger partial charge in [-0.2, -0.15) is 0 Å². The molecule has 0 aliphatic rings. The Balaban J connectivity index is 2.25. The number of hydrogen-bond donors (Lipinski definition) is 1. The average Bonchev–Trinajstić information content (AvgIpc) is 2.39. The average molecular weight is 281 g/mol. The first-order valence-electron chi connectivity index (χ1n) is 6.05. The second-order valence-corrected chi connectivity index (χ2v) is 4.84. The van der Waals surface area contributed by atoms with E-state index in [1.165, 1.54) is 0 Å². The molecule has 1 atom stereocenters. The Bertz CT molecular complexity index is 562. The van der Waals surface area contributed by atoms with E-state index in [2.05, 4.69) is 4.98 Å². The minimum absolute atomic E-state index is 0.297. The molecule has 0 bridgehead atoms. The van der Waals surface area contributed by atoms with E-state index in [0.717, 1.165) is 16.6 Å². The molecule has 4 nitrogen and oxygen atoms in total. The van der Waals surface area contributed by atoms with E-state index in [4.69, 9.17) is 16.3 Å². The second-order valence-electron chi connectivity index (χ2n) is 4.48. The van der Waals surface area contributed by atoms with Gasteiger partial charge in [0.25, 0.3) is 0 Å². The second kappa shape index (κ2) is 6.19. The maximum Gasteiger partial charge on any atom is 0.139 e. The highest BCUT2D eigenvalue weighted by Crippen LogP contribution is 2.25. The Morgan fingerprint density at radius 2 is 2.16 bits per heavy atom. The minimum Gasteiger partial charge on any atom is -0.389 e. The molecule has 0 aliphatic heterocycles. The van der Waals surface area contributed by atoms with Gasteiger partial charge in [-0.15, -0.1) is 0 Å². The van der Waals surface area contributed by atoms with Crippen molar-refractivity contribution < 1.29 is 9.84 Å². The van der Waals surface area contributed by atoms with E-state index in [0.29, 0.717) is 18.3 Å². The van der Waals surface area contributed by atoms with Crippen LogP contribution in [0.3, 0.4) is 0 Å². The smallest absolute Gasteiger partial charge is 0.139 e. The van der Waals surface area contributed by atoms with Crippen LogP contribution in [0.5, 0.6) is 0 Å². The highest BCUT2D eigenvalue weighted by atomic mass is 35.5. The molecule has 1 unspecified atom stereocenters. The normalized spacial score (nSPS) is 12.6. The van der Waals surface area contributed by atoms with Crippen LogP contribution in [0.25, 0.3) is 10.8 Å². The molecule has 2 rings (SSSR count). The van der Waals surface area contributed by atoms with Gasteiger partial charge in [-0.25, -0.2) is 4.98 Å². The number of ether oxygens (including phenoxy) is 1. The molecule has 19 heavy (non-hydrogen) atoms. The lowest BCUT2D eigenvalue weighted by atomic mass is 10.2. The van der Waals surface area contributed by atoms with Gasteiger partial charge in [0.1, 0.15) is 11.0 Å². The van der Waals surface area contributed by atoms with Crippen molar-refractivity contribution in [1.29, 1.82) is 0 Å². The van der Waals surface area contributed by atoms with E-state index in [-0.39, 0.29) is 0 Å². The predicted molar refractivity (Wildman–Crippen MR) is 77.9 cm³/mol. The third-order valence-electron chi connectivity index (χ3n) is 2.92. The van der Waals surface area contributed by atoms with Crippen molar-refractivity contribution in [2.24, 2.45) is 0 Å². The zero-order valence-electron chi connectivity index (χ0n) is 11.0. The Morgan fingerprint density at radius 1 is 1.42 bits per heavy atom. The molecule has 1 aromatic heterocycles. The predicted octanol–water partition coefficient (Wildman–Crippen LogP) is 2.33. The number of pyridine rings is 1. The molecule has 0 radical (unpaired) electrons. The van der Waals surface area contributed by atoms with Crippen molar-refractivity contribution in [1.82, 2.24) is 4.98 Å². The molecule has 1 heterocycles. The highest BCUT2D eigenvalue weighted by Gasteiger charge is 2.11. The Hall–Kier alpha value is -1.36. The van der Waals surface area contributed by atoms with E-state index in [9.17, 15) is 5.11 Å². The van der Waals surface area contributed by atoms with E-state index in [1.54, 1.807) is 7.11 Å². The molecule has 5 heteroatoms. The lowest BCUT2D eigenvalue weighted by molar-refractivity contribution is 0.0694. The summed E-state index contributed by atoms with van der Waals surface area (Å²) in [5.41, 5.74) is 0. The Labute approximate surface area is 117 Å². The number of anilines is 1. The number of hydrogen-bond acceptors (Lipinski definition) is 4. The largest absolute Gasteiger partial charge is 0.389 e. The summed E-state index contributed by atoms with van der Waals surface area (Å²) in [5.74, 6) is 0.735. The van der Waals surface area contributed by atoms with E-state index in [1.807, 2.05) is 42.3 Å². The van der Waals surface area contributed by atoms with Crippen molar-refractivity contribution in [2.45, 2.75) is 6.10 Å². The van der Waals surface area contributed by atoms with Crippen molar-refractivity contribution in [2.75, 3.05) is 32.2 Å². The highest BCUT2D eigenvalue weighted by molar-refractivity contribution is 6.34. The van der Waals surface area contributed by atoms with Gasteiger partial charge in [0.15, 0.2) is 0 Å². The van der Waals surface area contributed by atoms with E-state index < -0.39 is 6.10 Å². The maximum absolute atomic E-state index is 9.74. The SMILES string of the molecule is COCC(O)CN(C)c1cc2ccccc2c(Cl)n1. The summed E-state index contributed by atoms with van der Waals surface area (Å²) in [7, 11) is 3.43. The van der Waals surface area contributed by atoms with Crippen molar-refractivity contribution >= 4 is 28.2 Å². The van der Waals surface area contributed by atoms with Crippen molar-refractivity contribution in [3.8, 4) is 0 Å². The molecule has 1 aromatic carbocycles. The summed E-state index contributed by atoms with van der Waals surface area (Å²) >= 11 is 6.18. The molecule has 102 valence electrons. The van der Waals surface area contributed by atoms with Crippen LogP contribution in [-0.2, 0) is 4.74 Å². The van der Waals surface area contributed by atoms with Gasteiger partial charge in [0.2, 0.25) is 0 Å². The van der Waals surface area contributed by atoms with Gasteiger partial charge in [-0.05, 0) is 11.5 Å². The van der Waals surface area contributed by atoms with Crippen LogP contribution in [0.15, 0.2) is 30.3 Å². The number of aliphatic hydroxyl groups is 1. The van der Waals surface area contributed by atoms with Crippen molar-refractivity contribution in [3.63, 3.8) is 0 Å². The fourth-order valence-corrected chi connectivity index (χ4v) is 2.25. The maximum atomic E-state index is 9.74. The van der Waals surface area contributed by atoms with E-state index >= 15 is 0 Å². The minimum atomic E-state index is -0.554. The quantitative estimate of drug-likeness (QED) is 0.854. The third kappa shape index (κ3) is 3.35. The standard InChI is InChI=1S/C14H17ClN2O2/c1-17(8-11(18)9-19-2)13-7-10-5-3-4-6-12(10)14(15)16-13/h3-7,11,18H,8-9H2,1-2H3. The first-order chi connectivity index (χ1) is 9.11. The summed E-state index contributed by atoms with van der Waals surface area (Å²) < 4.78 is 4.91. The topological polar surface area (TPSA) is 45.6 Å². The van der Waals surface area contributed by atoms with Crippen LogP contribution >= 0.6 is 11.6 Å². The Kier molecular flexibility index (Phi) is 4.58. The van der Waals surface area contributed by atoms with Gasteiger partial charge in [-0.3, -0.25) is 0 Å². The summed E-state index contributed by atoms with van der Waals surface area (Å²) in [5, 5.41) is 12.2. The molecular weight excluding hydrogens is 264 g/mol. The van der Waals surface area contributed by atoms with Gasteiger partial charge < -0.3 is 14.7 Å². The van der Waals surface area contributed by atoms with Gasteiger partial charge in [0.05, 0.1) is 12.7 Å². The molecular formula is C14H17ClN2O2. The Morgan fingerprint density at radius 3 is 2.89 bits per heavy atom. The third-order valence-corrected chi connectivity index (χ3v) is 3.20. The molecule has 0 saturated heterocycles.